The summed E-state index contributed by atoms with van der Waals surface area (Å²) in [6.45, 7) is 5.91. The van der Waals surface area contributed by atoms with Gasteiger partial charge in [-0.3, -0.25) is 9.59 Å². The summed E-state index contributed by atoms with van der Waals surface area (Å²) >= 11 is 1.50. The molecule has 2 N–H and O–H groups in total. The molecule has 5 nitrogen and oxygen atoms in total. The van der Waals surface area contributed by atoms with Crippen molar-refractivity contribution >= 4 is 39.1 Å². The Labute approximate surface area is 167 Å². The lowest BCUT2D eigenvalue weighted by molar-refractivity contribution is 0.0958. The van der Waals surface area contributed by atoms with Crippen LogP contribution in [0.2, 0.25) is 0 Å². The predicted molar refractivity (Wildman–Crippen MR) is 112 cm³/mol. The van der Waals surface area contributed by atoms with Crippen LogP contribution in [0.1, 0.15) is 49.8 Å². The highest BCUT2D eigenvalue weighted by molar-refractivity contribution is 7.17. The zero-order chi connectivity index (χ0) is 19.7. The topological polar surface area (TPSA) is 71.3 Å². The fourth-order valence-corrected chi connectivity index (χ4v) is 4.98. The van der Waals surface area contributed by atoms with Crippen molar-refractivity contribution in [2.24, 2.45) is 0 Å². The number of aryl methyl sites for hydroxylation is 2. The van der Waals surface area contributed by atoms with Crippen molar-refractivity contribution in [3.05, 3.63) is 64.2 Å². The molecule has 2 aromatic heterocycles. The van der Waals surface area contributed by atoms with Crippen LogP contribution in [0.25, 0.3) is 11.0 Å². The molecule has 4 rings (SSSR count). The Kier molecular flexibility index (Phi) is 5.05. The molecule has 0 radical (unpaired) electrons. The van der Waals surface area contributed by atoms with Gasteiger partial charge in [0, 0.05) is 22.4 Å². The highest BCUT2D eigenvalue weighted by Crippen LogP contribution is 2.38. The molecule has 144 valence electrons. The number of thiophene rings is 1. The smallest absolute Gasteiger partial charge is 0.292 e. The lowest BCUT2D eigenvalue weighted by Gasteiger charge is -2.12. The summed E-state index contributed by atoms with van der Waals surface area (Å²) in [5.74, 6) is -0.217. The van der Waals surface area contributed by atoms with Crippen LogP contribution in [0, 0.1) is 6.92 Å². The second-order valence-electron chi connectivity index (χ2n) is 6.92. The molecule has 0 unspecified atom stereocenters. The summed E-state index contributed by atoms with van der Waals surface area (Å²) in [6, 6.07) is 7.57. The molecule has 2 amide bonds. The quantitative estimate of drug-likeness (QED) is 0.608. The van der Waals surface area contributed by atoms with Gasteiger partial charge in [-0.25, -0.2) is 0 Å². The Balaban J connectivity index is 1.69. The fourth-order valence-electron chi connectivity index (χ4n) is 3.70. The minimum absolute atomic E-state index is 0.170. The van der Waals surface area contributed by atoms with Crippen molar-refractivity contribution in [1.82, 2.24) is 5.32 Å². The lowest BCUT2D eigenvalue weighted by Crippen LogP contribution is -2.26. The number of carbonyl (C=O) groups is 2. The van der Waals surface area contributed by atoms with Crippen LogP contribution in [0.5, 0.6) is 0 Å². The van der Waals surface area contributed by atoms with Gasteiger partial charge in [0.05, 0.1) is 5.56 Å². The van der Waals surface area contributed by atoms with E-state index >= 15 is 0 Å². The van der Waals surface area contributed by atoms with Crippen molar-refractivity contribution in [3.63, 3.8) is 0 Å². The van der Waals surface area contributed by atoms with Gasteiger partial charge >= 0.3 is 0 Å². The van der Waals surface area contributed by atoms with Gasteiger partial charge in [0.2, 0.25) is 0 Å². The highest BCUT2D eigenvalue weighted by Gasteiger charge is 2.27. The first-order chi connectivity index (χ1) is 13.6. The van der Waals surface area contributed by atoms with Gasteiger partial charge < -0.3 is 15.1 Å². The monoisotopic (exact) mass is 394 g/mol. The van der Waals surface area contributed by atoms with E-state index in [9.17, 15) is 9.59 Å². The Hall–Kier alpha value is -2.86. The van der Waals surface area contributed by atoms with Crippen molar-refractivity contribution < 1.29 is 14.0 Å². The molecular formula is C22H22N2O3S. The third kappa shape index (κ3) is 3.24. The lowest BCUT2D eigenvalue weighted by atomic mass is 9.95. The number of benzene rings is 1. The molecule has 0 atom stereocenters. The van der Waals surface area contributed by atoms with Crippen molar-refractivity contribution in [1.29, 1.82) is 0 Å². The van der Waals surface area contributed by atoms with Crippen LogP contribution in [-0.2, 0) is 12.8 Å². The van der Waals surface area contributed by atoms with Gasteiger partial charge in [-0.05, 0) is 44.2 Å². The van der Waals surface area contributed by atoms with Gasteiger partial charge in [0.15, 0.2) is 5.76 Å². The Morgan fingerprint density at radius 2 is 2.00 bits per heavy atom. The normalized spacial score (nSPS) is 13.2. The van der Waals surface area contributed by atoms with E-state index in [0.29, 0.717) is 22.7 Å². The number of carbonyl (C=O) groups excluding carboxylic acids is 2. The van der Waals surface area contributed by atoms with Gasteiger partial charge in [-0.15, -0.1) is 17.9 Å². The Bertz CT molecular complexity index is 1080. The molecule has 28 heavy (non-hydrogen) atoms. The van der Waals surface area contributed by atoms with E-state index in [1.807, 2.05) is 31.2 Å². The summed E-state index contributed by atoms with van der Waals surface area (Å²) in [6.07, 6.45) is 5.62. The average molecular weight is 394 g/mol. The van der Waals surface area contributed by atoms with Gasteiger partial charge in [0.25, 0.3) is 11.8 Å². The Morgan fingerprint density at radius 1 is 1.21 bits per heavy atom. The average Bonchev–Trinajstić information content (AvgIpc) is 3.24. The van der Waals surface area contributed by atoms with E-state index in [0.717, 1.165) is 42.2 Å². The second-order valence-corrected chi connectivity index (χ2v) is 8.03. The van der Waals surface area contributed by atoms with Crippen LogP contribution in [0.4, 0.5) is 5.00 Å². The number of rotatable bonds is 5. The number of para-hydroxylation sites is 1. The Morgan fingerprint density at radius 3 is 2.79 bits per heavy atom. The first-order valence-electron chi connectivity index (χ1n) is 9.43. The van der Waals surface area contributed by atoms with E-state index in [2.05, 4.69) is 17.2 Å². The van der Waals surface area contributed by atoms with E-state index in [4.69, 9.17) is 4.42 Å². The standard InChI is InChI=1S/C22H22N2O3S/c1-3-12-23-20(25)18-15-9-5-7-11-17(15)28-22(18)24-21(26)19-13(2)14-8-4-6-10-16(14)27-19/h3-4,6,8,10H,1,5,7,9,11-12H2,2H3,(H,23,25)(H,24,26). The summed E-state index contributed by atoms with van der Waals surface area (Å²) in [5.41, 5.74) is 3.13. The summed E-state index contributed by atoms with van der Waals surface area (Å²) in [5, 5.41) is 7.30. The van der Waals surface area contributed by atoms with E-state index in [1.54, 1.807) is 6.08 Å². The molecule has 2 heterocycles. The minimum Gasteiger partial charge on any atom is -0.451 e. The zero-order valence-corrected chi connectivity index (χ0v) is 16.6. The highest BCUT2D eigenvalue weighted by atomic mass is 32.1. The molecular weight excluding hydrogens is 372 g/mol. The van der Waals surface area contributed by atoms with Gasteiger partial charge in [-0.2, -0.15) is 0 Å². The number of fused-ring (bicyclic) bond motifs is 2. The van der Waals surface area contributed by atoms with Crippen LogP contribution < -0.4 is 10.6 Å². The van der Waals surface area contributed by atoms with Crippen LogP contribution in [0.15, 0.2) is 41.3 Å². The number of amides is 2. The first-order valence-corrected chi connectivity index (χ1v) is 10.2. The number of hydrogen-bond acceptors (Lipinski definition) is 4. The van der Waals surface area contributed by atoms with Crippen LogP contribution in [-0.4, -0.2) is 18.4 Å². The molecule has 0 fully saturated rings. The molecule has 0 saturated carbocycles. The maximum absolute atomic E-state index is 13.0. The maximum atomic E-state index is 13.0. The van der Waals surface area contributed by atoms with Gasteiger partial charge in [0.1, 0.15) is 10.6 Å². The SMILES string of the molecule is C=CCNC(=O)c1c(NC(=O)c2oc3ccccc3c2C)sc2c1CCCC2. The van der Waals surface area contributed by atoms with Crippen LogP contribution in [0.3, 0.4) is 0 Å². The molecule has 1 aromatic carbocycles. The summed E-state index contributed by atoms with van der Waals surface area (Å²) < 4.78 is 5.78. The van der Waals surface area contributed by atoms with Crippen molar-refractivity contribution in [2.75, 3.05) is 11.9 Å². The fraction of sp³-hybridized carbons (Fsp3) is 0.273. The van der Waals surface area contributed by atoms with Crippen LogP contribution >= 0.6 is 11.3 Å². The predicted octanol–water partition coefficient (Wildman–Crippen LogP) is 4.85. The molecule has 3 aromatic rings. The number of anilines is 1. The van der Waals surface area contributed by atoms with Crippen molar-refractivity contribution in [2.45, 2.75) is 32.6 Å². The molecule has 0 bridgehead atoms. The maximum Gasteiger partial charge on any atom is 0.292 e. The number of furan rings is 1. The van der Waals surface area contributed by atoms with Gasteiger partial charge in [-0.1, -0.05) is 24.3 Å². The molecule has 0 aliphatic heterocycles. The minimum atomic E-state index is -0.329. The summed E-state index contributed by atoms with van der Waals surface area (Å²) in [7, 11) is 0. The van der Waals surface area contributed by atoms with E-state index < -0.39 is 0 Å². The first kappa shape index (κ1) is 18.5. The second kappa shape index (κ2) is 7.64. The molecule has 0 spiro atoms. The number of nitrogens with one attached hydrogen (secondary N) is 2. The largest absolute Gasteiger partial charge is 0.451 e. The molecule has 1 aliphatic carbocycles. The third-order valence-corrected chi connectivity index (χ3v) is 6.29. The molecule has 6 heteroatoms. The third-order valence-electron chi connectivity index (χ3n) is 5.08. The van der Waals surface area contributed by atoms with E-state index in [-0.39, 0.29) is 17.6 Å². The summed E-state index contributed by atoms with van der Waals surface area (Å²) in [4.78, 5) is 26.9. The molecule has 0 saturated heterocycles. The zero-order valence-electron chi connectivity index (χ0n) is 15.8. The van der Waals surface area contributed by atoms with Crippen molar-refractivity contribution in [3.8, 4) is 0 Å². The number of hydrogen-bond donors (Lipinski definition) is 2. The molecule has 1 aliphatic rings. The van der Waals surface area contributed by atoms with E-state index in [1.165, 1.54) is 16.2 Å².